The minimum absolute atomic E-state index is 0.0929. The van der Waals surface area contributed by atoms with E-state index in [0.29, 0.717) is 11.3 Å². The molecular weight excluding hydrogens is 193 g/mol. The van der Waals surface area contributed by atoms with Crippen molar-refractivity contribution in [2.24, 2.45) is 0 Å². The largest absolute Gasteiger partial charge is 0.284 e. The lowest BCUT2D eigenvalue weighted by Gasteiger charge is -2.05. The van der Waals surface area contributed by atoms with Gasteiger partial charge in [-0.2, -0.15) is 0 Å². The highest BCUT2D eigenvalue weighted by molar-refractivity contribution is 5.33. The van der Waals surface area contributed by atoms with Crippen molar-refractivity contribution in [2.45, 2.75) is 6.90 Å². The van der Waals surface area contributed by atoms with Crippen molar-refractivity contribution in [1.82, 2.24) is 4.57 Å². The van der Waals surface area contributed by atoms with E-state index in [9.17, 15) is 9.18 Å². The fourth-order valence-electron chi connectivity index (χ4n) is 1.36. The Bertz CT molecular complexity index is 565. The summed E-state index contributed by atoms with van der Waals surface area (Å²) in [6.07, 6.45) is 1.56. The summed E-state index contributed by atoms with van der Waals surface area (Å²) in [6, 6.07) is 8.79. The van der Waals surface area contributed by atoms with E-state index in [1.54, 1.807) is 24.4 Å². The summed E-state index contributed by atoms with van der Waals surface area (Å²) in [5.41, 5.74) is 0.951. The fraction of sp³-hybridized carbons (Fsp3) is 0.0833. The molecule has 0 N–H and O–H groups in total. The van der Waals surface area contributed by atoms with E-state index in [0.717, 1.165) is 0 Å². The summed E-state index contributed by atoms with van der Waals surface area (Å²) in [6.45, 7) is 0.0929. The number of nitrogens with zero attached hydrogens (tertiary/aromatic N) is 1. The highest BCUT2D eigenvalue weighted by atomic mass is 19.1. The molecule has 3 heteroatoms. The quantitative estimate of drug-likeness (QED) is 0.698. The smallest absolute Gasteiger partial charge is 0.255 e. The zero-order chi connectivity index (χ0) is 11.5. The molecule has 1 aromatic carbocycles. The van der Waals surface area contributed by atoms with Crippen LogP contribution in [0.1, 0.15) is 6.93 Å². The third-order valence-electron chi connectivity index (χ3n) is 2.06. The summed E-state index contributed by atoms with van der Waals surface area (Å²) in [7, 11) is 0. The third-order valence-corrected chi connectivity index (χ3v) is 2.06. The number of hydrogen-bond acceptors (Lipinski definition) is 1. The highest BCUT2D eigenvalue weighted by Gasteiger charge is 2.00. The maximum Gasteiger partial charge on any atom is 0.255 e. The number of rotatable bonds is 1. The van der Waals surface area contributed by atoms with Crippen LogP contribution in [0.15, 0.2) is 47.4 Å². The van der Waals surface area contributed by atoms with Crippen LogP contribution in [0.25, 0.3) is 5.69 Å². The molecule has 2 aromatic rings. The van der Waals surface area contributed by atoms with Crippen LogP contribution < -0.4 is 5.56 Å². The van der Waals surface area contributed by atoms with Gasteiger partial charge in [-0.3, -0.25) is 9.36 Å². The van der Waals surface area contributed by atoms with Gasteiger partial charge in [-0.1, -0.05) is 12.1 Å². The second-order valence-corrected chi connectivity index (χ2v) is 3.23. The number of pyridine rings is 1. The lowest BCUT2D eigenvalue weighted by molar-refractivity contribution is 0.626. The molecule has 0 fully saturated rings. The maximum atomic E-state index is 13.0. The molecule has 0 saturated heterocycles. The summed E-state index contributed by atoms with van der Waals surface area (Å²) < 4.78 is 21.6. The first-order chi connectivity index (χ1) is 7.70. The van der Waals surface area contributed by atoms with E-state index in [1.807, 2.05) is 0 Å². The molecule has 0 atom stereocenters. The van der Waals surface area contributed by atoms with E-state index < -0.39 is 0 Å². The first kappa shape index (κ1) is 8.41. The predicted octanol–water partition coefficient (Wildman–Crippen LogP) is 2.29. The zero-order valence-electron chi connectivity index (χ0n) is 8.98. The number of aryl methyl sites for hydroxylation is 1. The van der Waals surface area contributed by atoms with Crippen LogP contribution in [0, 0.1) is 12.7 Å². The normalized spacial score (nSPS) is 11.1. The number of aromatic nitrogens is 1. The Labute approximate surface area is 88.0 Å². The van der Waals surface area contributed by atoms with Gasteiger partial charge in [0.2, 0.25) is 0 Å². The molecule has 0 amide bonds. The van der Waals surface area contributed by atoms with Gasteiger partial charge in [0.1, 0.15) is 5.82 Å². The van der Waals surface area contributed by atoms with E-state index in [2.05, 4.69) is 0 Å². The zero-order valence-corrected chi connectivity index (χ0v) is 7.98. The maximum absolute atomic E-state index is 13.0. The average Bonchev–Trinajstić information content (AvgIpc) is 2.30. The molecule has 76 valence electrons. The molecule has 2 rings (SSSR count). The van der Waals surface area contributed by atoms with E-state index in [-0.39, 0.29) is 18.3 Å². The topological polar surface area (TPSA) is 22.0 Å². The molecule has 0 aliphatic carbocycles. The molecule has 1 aromatic heterocycles. The summed E-state index contributed by atoms with van der Waals surface area (Å²) in [5.74, 6) is -0.388. The van der Waals surface area contributed by atoms with Crippen LogP contribution in [-0.2, 0) is 0 Å². The molecule has 0 spiro atoms. The van der Waals surface area contributed by atoms with Crippen molar-refractivity contribution >= 4 is 0 Å². The molecule has 0 unspecified atom stereocenters. The first-order valence-corrected chi connectivity index (χ1v) is 4.47. The predicted molar refractivity (Wildman–Crippen MR) is 56.7 cm³/mol. The first-order valence-electron chi connectivity index (χ1n) is 5.18. The van der Waals surface area contributed by atoms with Gasteiger partial charge in [0.05, 0.1) is 5.69 Å². The van der Waals surface area contributed by atoms with Crippen LogP contribution in [0.3, 0.4) is 0 Å². The number of hydrogen-bond donors (Lipinski definition) is 0. The van der Waals surface area contributed by atoms with Gasteiger partial charge in [-0.05, 0) is 30.7 Å². The standard InChI is InChI=1S/C12H10FNO/c1-9-5-6-12(15)14(8-9)11-4-2-3-10(13)7-11/h2-8H,1H3/i1D. The van der Waals surface area contributed by atoms with Crippen molar-refractivity contribution in [2.75, 3.05) is 0 Å². The van der Waals surface area contributed by atoms with Gasteiger partial charge in [-0.15, -0.1) is 0 Å². The minimum Gasteiger partial charge on any atom is -0.284 e. The molecule has 0 bridgehead atoms. The lowest BCUT2D eigenvalue weighted by atomic mass is 10.2. The number of benzene rings is 1. The highest BCUT2D eigenvalue weighted by Crippen LogP contribution is 2.07. The Balaban J connectivity index is 2.59. The monoisotopic (exact) mass is 204 g/mol. The molecule has 0 radical (unpaired) electrons. The minimum atomic E-state index is -0.388. The Morgan fingerprint density at radius 3 is 2.93 bits per heavy atom. The molecule has 0 aliphatic rings. The van der Waals surface area contributed by atoms with Gasteiger partial charge in [0.15, 0.2) is 0 Å². The summed E-state index contributed by atoms with van der Waals surface area (Å²) in [4.78, 5) is 11.6. The van der Waals surface area contributed by atoms with Crippen LogP contribution in [0.4, 0.5) is 4.39 Å². The van der Waals surface area contributed by atoms with Crippen molar-refractivity contribution < 1.29 is 5.76 Å². The van der Waals surface area contributed by atoms with Crippen LogP contribution >= 0.6 is 0 Å². The van der Waals surface area contributed by atoms with E-state index in [1.165, 1.54) is 22.8 Å². The van der Waals surface area contributed by atoms with E-state index >= 15 is 0 Å². The van der Waals surface area contributed by atoms with E-state index in [4.69, 9.17) is 1.37 Å². The molecule has 2 nitrogen and oxygen atoms in total. The van der Waals surface area contributed by atoms with Gasteiger partial charge >= 0.3 is 0 Å². The van der Waals surface area contributed by atoms with Gasteiger partial charge in [0.25, 0.3) is 5.56 Å². The van der Waals surface area contributed by atoms with Crippen molar-refractivity contribution in [1.29, 1.82) is 0 Å². The van der Waals surface area contributed by atoms with Crippen molar-refractivity contribution in [3.63, 3.8) is 0 Å². The molecular formula is C12H10FNO. The Morgan fingerprint density at radius 1 is 1.33 bits per heavy atom. The van der Waals surface area contributed by atoms with Crippen molar-refractivity contribution in [3.8, 4) is 5.69 Å². The molecule has 0 aliphatic heterocycles. The fourth-order valence-corrected chi connectivity index (χ4v) is 1.36. The Hall–Kier alpha value is -1.90. The van der Waals surface area contributed by atoms with Gasteiger partial charge in [0, 0.05) is 13.6 Å². The second-order valence-electron chi connectivity index (χ2n) is 3.23. The Kier molecular flexibility index (Phi) is 2.07. The summed E-state index contributed by atoms with van der Waals surface area (Å²) in [5, 5.41) is 0. The Morgan fingerprint density at radius 2 is 2.20 bits per heavy atom. The molecule has 15 heavy (non-hydrogen) atoms. The average molecular weight is 204 g/mol. The van der Waals surface area contributed by atoms with Crippen LogP contribution in [-0.4, -0.2) is 4.57 Å². The summed E-state index contributed by atoms with van der Waals surface area (Å²) >= 11 is 0. The van der Waals surface area contributed by atoms with Gasteiger partial charge < -0.3 is 0 Å². The molecule has 1 heterocycles. The van der Waals surface area contributed by atoms with Crippen LogP contribution in [0.2, 0.25) is 0 Å². The van der Waals surface area contributed by atoms with Crippen LogP contribution in [0.5, 0.6) is 0 Å². The number of halogens is 1. The third kappa shape index (κ3) is 1.96. The second kappa shape index (κ2) is 3.69. The van der Waals surface area contributed by atoms with Crippen molar-refractivity contribution in [3.05, 3.63) is 64.3 Å². The lowest BCUT2D eigenvalue weighted by Crippen LogP contribution is -2.16. The SMILES string of the molecule is [2H]Cc1ccc(=O)n(-c2cccc(F)c2)c1. The van der Waals surface area contributed by atoms with Gasteiger partial charge in [-0.25, -0.2) is 4.39 Å². The molecule has 0 saturated carbocycles.